The summed E-state index contributed by atoms with van der Waals surface area (Å²) in [5.41, 5.74) is 0.686. The quantitative estimate of drug-likeness (QED) is 0.541. The lowest BCUT2D eigenvalue weighted by Gasteiger charge is -2.32. The predicted molar refractivity (Wildman–Crippen MR) is 141 cm³/mol. The SMILES string of the molecule is CC1(C)CC(CC(C#N)NC(=O)C2CC3(CCCCC3)CN2C(=O)c2cc3cccc(Cl)c3[nH]2)C(=O)N1. The number of hydrogen-bond donors (Lipinski definition) is 3. The van der Waals surface area contributed by atoms with Crippen molar-refractivity contribution in [1.29, 1.82) is 5.26 Å². The first kappa shape index (κ1) is 25.6. The van der Waals surface area contributed by atoms with Gasteiger partial charge < -0.3 is 20.5 Å². The molecule has 3 aliphatic rings. The van der Waals surface area contributed by atoms with Gasteiger partial charge in [-0.25, -0.2) is 0 Å². The number of amides is 3. The Morgan fingerprint density at radius 2 is 2.00 bits per heavy atom. The van der Waals surface area contributed by atoms with Crippen molar-refractivity contribution in [2.75, 3.05) is 6.54 Å². The first-order chi connectivity index (χ1) is 17.6. The van der Waals surface area contributed by atoms with Crippen LogP contribution >= 0.6 is 11.6 Å². The van der Waals surface area contributed by atoms with E-state index in [0.717, 1.165) is 31.1 Å². The number of rotatable bonds is 5. The molecular formula is C28H34ClN5O3. The number of nitrogens with zero attached hydrogens (tertiary/aromatic N) is 2. The van der Waals surface area contributed by atoms with Crippen molar-refractivity contribution in [3.05, 3.63) is 35.0 Å². The molecule has 1 saturated carbocycles. The van der Waals surface area contributed by atoms with E-state index in [1.54, 1.807) is 17.0 Å². The summed E-state index contributed by atoms with van der Waals surface area (Å²) in [6, 6.07) is 7.97. The van der Waals surface area contributed by atoms with Gasteiger partial charge in [-0.15, -0.1) is 0 Å². The molecule has 3 unspecified atom stereocenters. The lowest BCUT2D eigenvalue weighted by atomic mass is 9.72. The molecule has 9 heteroatoms. The topological polar surface area (TPSA) is 118 Å². The molecule has 1 aromatic carbocycles. The maximum absolute atomic E-state index is 13.8. The van der Waals surface area contributed by atoms with Crippen LogP contribution in [0.2, 0.25) is 5.02 Å². The molecular weight excluding hydrogens is 490 g/mol. The Hall–Kier alpha value is -3.05. The molecule has 3 heterocycles. The highest BCUT2D eigenvalue weighted by molar-refractivity contribution is 6.35. The largest absolute Gasteiger partial charge is 0.351 e. The zero-order chi connectivity index (χ0) is 26.4. The number of hydrogen-bond acceptors (Lipinski definition) is 4. The summed E-state index contributed by atoms with van der Waals surface area (Å²) in [4.78, 5) is 44.6. The number of nitriles is 1. The molecule has 1 aliphatic carbocycles. The molecule has 3 fully saturated rings. The summed E-state index contributed by atoms with van der Waals surface area (Å²) in [7, 11) is 0. The van der Waals surface area contributed by atoms with Crippen LogP contribution in [0.1, 0.15) is 75.7 Å². The van der Waals surface area contributed by atoms with Gasteiger partial charge in [-0.2, -0.15) is 5.26 Å². The number of nitrogens with one attached hydrogen (secondary N) is 3. The van der Waals surface area contributed by atoms with Crippen LogP contribution in [0, 0.1) is 22.7 Å². The fourth-order valence-electron chi connectivity index (χ4n) is 6.64. The van der Waals surface area contributed by atoms with Crippen LogP contribution in [0.4, 0.5) is 0 Å². The van der Waals surface area contributed by atoms with E-state index in [4.69, 9.17) is 11.6 Å². The summed E-state index contributed by atoms with van der Waals surface area (Å²) in [5.74, 6) is -0.979. The summed E-state index contributed by atoms with van der Waals surface area (Å²) >= 11 is 6.32. The standard InChI is InChI=1S/C28H34ClN5O3/c1-27(2)13-18(24(35)33-27)11-19(15-30)31-25(36)22-14-28(9-4-3-5-10-28)16-34(22)26(37)21-12-17-7-6-8-20(29)23(17)32-21/h6-8,12,18-19,22,32H,3-5,9-11,13-14,16H2,1-2H3,(H,31,36)(H,33,35). The van der Waals surface area contributed by atoms with Crippen LogP contribution < -0.4 is 10.6 Å². The van der Waals surface area contributed by atoms with Crippen LogP contribution in [0.25, 0.3) is 10.9 Å². The van der Waals surface area contributed by atoms with E-state index in [1.165, 1.54) is 6.42 Å². The number of carbonyl (C=O) groups is 3. The van der Waals surface area contributed by atoms with E-state index < -0.39 is 12.1 Å². The Labute approximate surface area is 222 Å². The van der Waals surface area contributed by atoms with Crippen LogP contribution in [-0.4, -0.2) is 51.8 Å². The maximum Gasteiger partial charge on any atom is 0.271 e. The monoisotopic (exact) mass is 523 g/mol. The Kier molecular flexibility index (Phi) is 6.70. The average molecular weight is 524 g/mol. The van der Waals surface area contributed by atoms with Gasteiger partial charge >= 0.3 is 0 Å². The number of halogens is 1. The number of para-hydroxylation sites is 1. The Balaban J connectivity index is 1.37. The molecule has 37 heavy (non-hydrogen) atoms. The fraction of sp³-hybridized carbons (Fsp3) is 0.571. The van der Waals surface area contributed by atoms with Gasteiger partial charge in [0.15, 0.2) is 0 Å². The molecule has 0 radical (unpaired) electrons. The summed E-state index contributed by atoms with van der Waals surface area (Å²) in [5, 5.41) is 17.0. The van der Waals surface area contributed by atoms with Gasteiger partial charge in [0.05, 0.1) is 16.6 Å². The van der Waals surface area contributed by atoms with Gasteiger partial charge in [0.2, 0.25) is 11.8 Å². The number of aromatic nitrogens is 1. The highest BCUT2D eigenvalue weighted by atomic mass is 35.5. The molecule has 196 valence electrons. The molecule has 1 aromatic heterocycles. The normalized spacial score (nSPS) is 25.1. The zero-order valence-corrected chi connectivity index (χ0v) is 22.2. The number of benzene rings is 1. The van der Waals surface area contributed by atoms with E-state index in [0.29, 0.717) is 35.6 Å². The minimum absolute atomic E-state index is 0.0862. The highest BCUT2D eigenvalue weighted by Crippen LogP contribution is 2.47. The first-order valence-electron chi connectivity index (χ1n) is 13.2. The second-order valence-corrected chi connectivity index (χ2v) is 12.2. The number of likely N-dealkylation sites (tertiary alicyclic amines) is 1. The van der Waals surface area contributed by atoms with Crippen LogP contribution in [-0.2, 0) is 9.59 Å². The van der Waals surface area contributed by atoms with Crippen molar-refractivity contribution in [2.45, 2.75) is 82.8 Å². The van der Waals surface area contributed by atoms with Crippen molar-refractivity contribution in [3.8, 4) is 6.07 Å². The molecule has 3 N–H and O–H groups in total. The smallest absolute Gasteiger partial charge is 0.271 e. The number of H-pyrrole nitrogens is 1. The third-order valence-electron chi connectivity index (χ3n) is 8.40. The number of carbonyl (C=O) groups excluding carboxylic acids is 3. The summed E-state index contributed by atoms with van der Waals surface area (Å²) in [6.07, 6.45) is 6.77. The fourth-order valence-corrected chi connectivity index (χ4v) is 6.87. The van der Waals surface area contributed by atoms with Crippen LogP contribution in [0.3, 0.4) is 0 Å². The molecule has 3 amide bonds. The molecule has 8 nitrogen and oxygen atoms in total. The van der Waals surface area contributed by atoms with Crippen molar-refractivity contribution in [1.82, 2.24) is 20.5 Å². The van der Waals surface area contributed by atoms with E-state index in [9.17, 15) is 19.6 Å². The Morgan fingerprint density at radius 1 is 1.24 bits per heavy atom. The second kappa shape index (κ2) is 9.68. The average Bonchev–Trinajstić information content (AvgIpc) is 3.52. The predicted octanol–water partition coefficient (Wildman–Crippen LogP) is 4.30. The van der Waals surface area contributed by atoms with Crippen molar-refractivity contribution < 1.29 is 14.4 Å². The lowest BCUT2D eigenvalue weighted by Crippen LogP contribution is -2.49. The highest BCUT2D eigenvalue weighted by Gasteiger charge is 2.49. The summed E-state index contributed by atoms with van der Waals surface area (Å²) in [6.45, 7) is 4.42. The zero-order valence-electron chi connectivity index (χ0n) is 21.4. The van der Waals surface area contributed by atoms with Crippen molar-refractivity contribution in [2.24, 2.45) is 11.3 Å². The van der Waals surface area contributed by atoms with Gasteiger partial charge in [0.1, 0.15) is 17.8 Å². The minimum Gasteiger partial charge on any atom is -0.351 e. The van der Waals surface area contributed by atoms with E-state index in [2.05, 4.69) is 21.7 Å². The van der Waals surface area contributed by atoms with Crippen molar-refractivity contribution in [3.63, 3.8) is 0 Å². The maximum atomic E-state index is 13.8. The second-order valence-electron chi connectivity index (χ2n) is 11.8. The molecule has 1 spiro atoms. The first-order valence-corrected chi connectivity index (χ1v) is 13.6. The molecule has 2 aromatic rings. The molecule has 2 saturated heterocycles. The number of fused-ring (bicyclic) bond motifs is 1. The van der Waals surface area contributed by atoms with Crippen molar-refractivity contribution >= 4 is 40.2 Å². The van der Waals surface area contributed by atoms with Crippen LogP contribution in [0.5, 0.6) is 0 Å². The third kappa shape index (κ3) is 5.06. The molecule has 3 atom stereocenters. The van der Waals surface area contributed by atoms with E-state index in [-0.39, 0.29) is 41.0 Å². The lowest BCUT2D eigenvalue weighted by molar-refractivity contribution is -0.126. The Morgan fingerprint density at radius 3 is 2.65 bits per heavy atom. The minimum atomic E-state index is -0.802. The molecule has 5 rings (SSSR count). The van der Waals surface area contributed by atoms with Gasteiger partial charge in [0, 0.05) is 23.4 Å². The van der Waals surface area contributed by atoms with Gasteiger partial charge in [-0.3, -0.25) is 14.4 Å². The number of aromatic amines is 1. The molecule has 0 bridgehead atoms. The van der Waals surface area contributed by atoms with Gasteiger partial charge in [-0.05, 0) is 63.5 Å². The van der Waals surface area contributed by atoms with E-state index in [1.807, 2.05) is 26.0 Å². The van der Waals surface area contributed by atoms with Gasteiger partial charge in [-0.1, -0.05) is 43.0 Å². The molecule has 2 aliphatic heterocycles. The van der Waals surface area contributed by atoms with Gasteiger partial charge in [0.25, 0.3) is 5.91 Å². The summed E-state index contributed by atoms with van der Waals surface area (Å²) < 4.78 is 0. The van der Waals surface area contributed by atoms with E-state index >= 15 is 0 Å². The van der Waals surface area contributed by atoms with Crippen LogP contribution in [0.15, 0.2) is 24.3 Å². The third-order valence-corrected chi connectivity index (χ3v) is 8.72. The Bertz CT molecular complexity index is 1270.